The van der Waals surface area contributed by atoms with Crippen LogP contribution in [0.3, 0.4) is 0 Å². The lowest BCUT2D eigenvalue weighted by Crippen LogP contribution is -2.29. The Kier molecular flexibility index (Phi) is 3.39. The average Bonchev–Trinajstić information content (AvgIpc) is 2.76. The summed E-state index contributed by atoms with van der Waals surface area (Å²) in [7, 11) is 0. The van der Waals surface area contributed by atoms with Gasteiger partial charge in [0, 0.05) is 25.1 Å². The molecule has 1 aromatic carbocycles. The SMILES string of the molecule is NCCC(=O)c1ccccc1N1CCNC1=O. The van der Waals surface area contributed by atoms with Crippen LogP contribution in [0, 0.1) is 0 Å². The van der Waals surface area contributed by atoms with Crippen molar-refractivity contribution in [2.24, 2.45) is 5.73 Å². The number of amides is 2. The number of hydrogen-bond donors (Lipinski definition) is 2. The van der Waals surface area contributed by atoms with E-state index in [0.29, 0.717) is 37.3 Å². The maximum atomic E-state index is 11.9. The Bertz CT molecular complexity index is 445. The summed E-state index contributed by atoms with van der Waals surface area (Å²) >= 11 is 0. The summed E-state index contributed by atoms with van der Waals surface area (Å²) < 4.78 is 0. The predicted molar refractivity (Wildman–Crippen MR) is 65.2 cm³/mol. The van der Waals surface area contributed by atoms with E-state index in [0.717, 1.165) is 0 Å². The highest BCUT2D eigenvalue weighted by Gasteiger charge is 2.24. The fourth-order valence-corrected chi connectivity index (χ4v) is 1.91. The summed E-state index contributed by atoms with van der Waals surface area (Å²) in [6, 6.07) is 6.98. The maximum Gasteiger partial charge on any atom is 0.322 e. The number of hydrogen-bond acceptors (Lipinski definition) is 3. The molecule has 1 aromatic rings. The quantitative estimate of drug-likeness (QED) is 0.753. The van der Waals surface area contributed by atoms with Gasteiger partial charge in [0.15, 0.2) is 5.78 Å². The van der Waals surface area contributed by atoms with Crippen LogP contribution in [0.15, 0.2) is 24.3 Å². The number of para-hydroxylation sites is 1. The second kappa shape index (κ2) is 4.97. The Morgan fingerprint density at radius 3 is 2.82 bits per heavy atom. The third-order valence-corrected chi connectivity index (χ3v) is 2.72. The third-order valence-electron chi connectivity index (χ3n) is 2.72. The fourth-order valence-electron chi connectivity index (χ4n) is 1.91. The smallest absolute Gasteiger partial charge is 0.322 e. The first-order valence-corrected chi connectivity index (χ1v) is 5.61. The zero-order valence-electron chi connectivity index (χ0n) is 9.48. The van der Waals surface area contributed by atoms with E-state index in [1.165, 1.54) is 0 Å². The molecule has 0 bridgehead atoms. The molecule has 5 heteroatoms. The number of carbonyl (C=O) groups is 2. The predicted octanol–water partition coefficient (Wildman–Crippen LogP) is 0.748. The Labute approximate surface area is 99.6 Å². The van der Waals surface area contributed by atoms with Crippen molar-refractivity contribution in [2.75, 3.05) is 24.5 Å². The van der Waals surface area contributed by atoms with Gasteiger partial charge in [-0.3, -0.25) is 9.69 Å². The number of anilines is 1. The van der Waals surface area contributed by atoms with Gasteiger partial charge in [-0.15, -0.1) is 0 Å². The topological polar surface area (TPSA) is 75.4 Å². The van der Waals surface area contributed by atoms with Crippen LogP contribution in [0.2, 0.25) is 0 Å². The summed E-state index contributed by atoms with van der Waals surface area (Å²) in [5, 5.41) is 2.72. The van der Waals surface area contributed by atoms with Crippen molar-refractivity contribution < 1.29 is 9.59 Å². The lowest BCUT2D eigenvalue weighted by Gasteiger charge is -2.17. The molecule has 0 saturated carbocycles. The molecule has 90 valence electrons. The summed E-state index contributed by atoms with van der Waals surface area (Å²) in [4.78, 5) is 25.1. The van der Waals surface area contributed by atoms with Gasteiger partial charge in [0.2, 0.25) is 0 Å². The summed E-state index contributed by atoms with van der Waals surface area (Å²) in [6.07, 6.45) is 0.298. The summed E-state index contributed by atoms with van der Waals surface area (Å²) in [6.45, 7) is 1.52. The molecule has 5 nitrogen and oxygen atoms in total. The van der Waals surface area contributed by atoms with Crippen molar-refractivity contribution in [3.8, 4) is 0 Å². The van der Waals surface area contributed by atoms with E-state index in [1.807, 2.05) is 6.07 Å². The number of urea groups is 1. The second-order valence-electron chi connectivity index (χ2n) is 3.86. The summed E-state index contributed by atoms with van der Waals surface area (Å²) in [5.41, 5.74) is 6.62. The van der Waals surface area contributed by atoms with Crippen LogP contribution in [0.5, 0.6) is 0 Å². The lowest BCUT2D eigenvalue weighted by molar-refractivity contribution is 0.0986. The van der Waals surface area contributed by atoms with Crippen molar-refractivity contribution in [1.29, 1.82) is 0 Å². The second-order valence-corrected chi connectivity index (χ2v) is 3.86. The van der Waals surface area contributed by atoms with E-state index >= 15 is 0 Å². The number of ketones is 1. The molecule has 2 amide bonds. The van der Waals surface area contributed by atoms with Gasteiger partial charge in [0.25, 0.3) is 0 Å². The molecule has 1 fully saturated rings. The van der Waals surface area contributed by atoms with E-state index in [4.69, 9.17) is 5.73 Å². The highest BCUT2D eigenvalue weighted by molar-refractivity contribution is 6.06. The molecule has 17 heavy (non-hydrogen) atoms. The number of benzene rings is 1. The van der Waals surface area contributed by atoms with Crippen LogP contribution in [-0.4, -0.2) is 31.4 Å². The molecule has 0 unspecified atom stereocenters. The first kappa shape index (κ1) is 11.6. The van der Waals surface area contributed by atoms with Gasteiger partial charge < -0.3 is 11.1 Å². The molecule has 1 aliphatic rings. The van der Waals surface area contributed by atoms with Crippen LogP contribution in [0.4, 0.5) is 10.5 Å². The minimum absolute atomic E-state index is 0.0252. The Balaban J connectivity index is 2.33. The normalized spacial score (nSPS) is 14.9. The monoisotopic (exact) mass is 233 g/mol. The molecular weight excluding hydrogens is 218 g/mol. The average molecular weight is 233 g/mol. The van der Waals surface area contributed by atoms with Crippen molar-refractivity contribution in [1.82, 2.24) is 5.32 Å². The van der Waals surface area contributed by atoms with E-state index in [1.54, 1.807) is 23.1 Å². The Hall–Kier alpha value is -1.88. The van der Waals surface area contributed by atoms with Gasteiger partial charge in [-0.05, 0) is 18.7 Å². The largest absolute Gasteiger partial charge is 0.336 e. The standard InChI is InChI=1S/C12H15N3O2/c13-6-5-11(16)9-3-1-2-4-10(9)15-8-7-14-12(15)17/h1-4H,5-8,13H2,(H,14,17). The van der Waals surface area contributed by atoms with Gasteiger partial charge in [-0.25, -0.2) is 4.79 Å². The van der Waals surface area contributed by atoms with Gasteiger partial charge in [0.1, 0.15) is 0 Å². The number of nitrogens with one attached hydrogen (secondary N) is 1. The van der Waals surface area contributed by atoms with Crippen LogP contribution >= 0.6 is 0 Å². The van der Waals surface area contributed by atoms with Crippen LogP contribution in [-0.2, 0) is 0 Å². The molecule has 2 rings (SSSR count). The zero-order chi connectivity index (χ0) is 12.3. The molecule has 0 spiro atoms. The molecule has 0 aliphatic carbocycles. The zero-order valence-corrected chi connectivity index (χ0v) is 9.48. The minimum Gasteiger partial charge on any atom is -0.336 e. The molecule has 1 saturated heterocycles. The fraction of sp³-hybridized carbons (Fsp3) is 0.333. The van der Waals surface area contributed by atoms with Crippen LogP contribution < -0.4 is 16.0 Å². The Morgan fingerprint density at radius 1 is 1.41 bits per heavy atom. The van der Waals surface area contributed by atoms with Gasteiger partial charge >= 0.3 is 6.03 Å². The molecule has 0 atom stereocenters. The molecule has 0 aromatic heterocycles. The van der Waals surface area contributed by atoms with Gasteiger partial charge in [-0.2, -0.15) is 0 Å². The van der Waals surface area contributed by atoms with Crippen LogP contribution in [0.1, 0.15) is 16.8 Å². The Morgan fingerprint density at radius 2 is 2.18 bits per heavy atom. The number of Topliss-reactive ketones (excluding diaryl/α,β-unsaturated/α-hetero) is 1. The van der Waals surface area contributed by atoms with Crippen molar-refractivity contribution in [3.63, 3.8) is 0 Å². The van der Waals surface area contributed by atoms with E-state index in [2.05, 4.69) is 5.32 Å². The number of carbonyl (C=O) groups excluding carboxylic acids is 2. The highest BCUT2D eigenvalue weighted by atomic mass is 16.2. The molecule has 1 aliphatic heterocycles. The molecule has 1 heterocycles. The molecule has 3 N–H and O–H groups in total. The summed E-state index contributed by atoms with van der Waals surface area (Å²) in [5.74, 6) is -0.0252. The van der Waals surface area contributed by atoms with E-state index in [-0.39, 0.29) is 11.8 Å². The number of rotatable bonds is 4. The van der Waals surface area contributed by atoms with Crippen LogP contribution in [0.25, 0.3) is 0 Å². The molecule has 0 radical (unpaired) electrons. The highest BCUT2D eigenvalue weighted by Crippen LogP contribution is 2.23. The van der Waals surface area contributed by atoms with Crippen molar-refractivity contribution in [2.45, 2.75) is 6.42 Å². The van der Waals surface area contributed by atoms with Gasteiger partial charge in [0.05, 0.1) is 5.69 Å². The molecular formula is C12H15N3O2. The number of nitrogens with zero attached hydrogens (tertiary/aromatic N) is 1. The van der Waals surface area contributed by atoms with Crippen molar-refractivity contribution >= 4 is 17.5 Å². The lowest BCUT2D eigenvalue weighted by atomic mass is 10.1. The van der Waals surface area contributed by atoms with E-state index in [9.17, 15) is 9.59 Å². The first-order valence-electron chi connectivity index (χ1n) is 5.61. The van der Waals surface area contributed by atoms with Gasteiger partial charge in [-0.1, -0.05) is 12.1 Å². The first-order chi connectivity index (χ1) is 8.24. The third kappa shape index (κ3) is 2.29. The van der Waals surface area contributed by atoms with E-state index < -0.39 is 0 Å². The van der Waals surface area contributed by atoms with Crippen molar-refractivity contribution in [3.05, 3.63) is 29.8 Å². The number of nitrogens with two attached hydrogens (primary N) is 1. The maximum absolute atomic E-state index is 11.9. The minimum atomic E-state index is -0.155.